The summed E-state index contributed by atoms with van der Waals surface area (Å²) in [6.45, 7) is 3.61. The Kier molecular flexibility index (Phi) is 5.43. The van der Waals surface area contributed by atoms with E-state index in [1.165, 1.54) is 4.70 Å². The van der Waals surface area contributed by atoms with E-state index in [1.54, 1.807) is 29.9 Å². The molecule has 3 heterocycles. The number of fused-ring (bicyclic) bond motifs is 1. The maximum absolute atomic E-state index is 12.3. The molecule has 0 bridgehead atoms. The van der Waals surface area contributed by atoms with Crippen molar-refractivity contribution in [3.63, 3.8) is 0 Å². The van der Waals surface area contributed by atoms with Crippen molar-refractivity contribution in [1.29, 1.82) is 0 Å². The number of aryl methyl sites for hydroxylation is 1. The second kappa shape index (κ2) is 8.30. The number of para-hydroxylation sites is 1. The third-order valence-electron chi connectivity index (χ3n) is 4.62. The molecule has 3 aromatic rings. The molecule has 1 aromatic carbocycles. The highest BCUT2D eigenvalue weighted by Crippen LogP contribution is 2.22. The van der Waals surface area contributed by atoms with Gasteiger partial charge in [0.2, 0.25) is 0 Å². The van der Waals surface area contributed by atoms with Gasteiger partial charge in [0, 0.05) is 51.5 Å². The van der Waals surface area contributed by atoms with Gasteiger partial charge in [-0.25, -0.2) is 14.8 Å². The average molecular weight is 382 g/mol. The van der Waals surface area contributed by atoms with Crippen molar-refractivity contribution in [1.82, 2.24) is 25.2 Å². The molecule has 1 aliphatic heterocycles. The molecule has 0 spiro atoms. The molecule has 8 heteroatoms. The lowest BCUT2D eigenvalue weighted by Gasteiger charge is -2.35. The molecule has 0 atom stereocenters. The Bertz CT molecular complexity index is 858. The third kappa shape index (κ3) is 4.33. The summed E-state index contributed by atoms with van der Waals surface area (Å²) in [5.74, 6) is 0.869. The van der Waals surface area contributed by atoms with Gasteiger partial charge < -0.3 is 15.1 Å². The maximum atomic E-state index is 12.3. The van der Waals surface area contributed by atoms with Gasteiger partial charge >= 0.3 is 6.03 Å². The second-order valence-electron chi connectivity index (χ2n) is 6.45. The first-order valence-electron chi connectivity index (χ1n) is 9.18. The van der Waals surface area contributed by atoms with Gasteiger partial charge in [0.1, 0.15) is 5.82 Å². The van der Waals surface area contributed by atoms with Crippen molar-refractivity contribution in [2.24, 2.45) is 0 Å². The molecule has 0 unspecified atom stereocenters. The summed E-state index contributed by atoms with van der Waals surface area (Å²) in [5.41, 5.74) is 1.06. The predicted molar refractivity (Wildman–Crippen MR) is 107 cm³/mol. The highest BCUT2D eigenvalue weighted by molar-refractivity contribution is 7.18. The van der Waals surface area contributed by atoms with Crippen molar-refractivity contribution in [2.45, 2.75) is 12.8 Å². The lowest BCUT2D eigenvalue weighted by molar-refractivity contribution is 0.194. The smallest absolute Gasteiger partial charge is 0.317 e. The minimum absolute atomic E-state index is 0.0121. The number of nitrogens with zero attached hydrogens (tertiary/aromatic N) is 5. The fourth-order valence-corrected chi connectivity index (χ4v) is 4.18. The van der Waals surface area contributed by atoms with E-state index in [1.807, 2.05) is 23.1 Å². The number of benzene rings is 1. The van der Waals surface area contributed by atoms with Crippen molar-refractivity contribution in [2.75, 3.05) is 37.6 Å². The first-order valence-corrected chi connectivity index (χ1v) is 9.99. The van der Waals surface area contributed by atoms with Crippen LogP contribution >= 0.6 is 11.3 Å². The van der Waals surface area contributed by atoms with Gasteiger partial charge in [-0.1, -0.05) is 12.1 Å². The molecule has 0 aliphatic carbocycles. The molecule has 1 saturated heterocycles. The van der Waals surface area contributed by atoms with Crippen LogP contribution < -0.4 is 10.2 Å². The summed E-state index contributed by atoms with van der Waals surface area (Å²) < 4.78 is 1.22. The molecule has 1 aliphatic rings. The number of urea groups is 1. The van der Waals surface area contributed by atoms with Gasteiger partial charge in [-0.15, -0.1) is 11.3 Å². The Morgan fingerprint density at radius 3 is 2.78 bits per heavy atom. The summed E-state index contributed by atoms with van der Waals surface area (Å²) >= 11 is 1.73. The molecule has 1 N–H and O–H groups in total. The van der Waals surface area contributed by atoms with Crippen molar-refractivity contribution in [3.05, 3.63) is 47.9 Å². The summed E-state index contributed by atoms with van der Waals surface area (Å²) in [4.78, 5) is 29.4. The highest BCUT2D eigenvalue weighted by atomic mass is 32.1. The standard InChI is InChI=1S/C19H22N6OS/c26-19(25-12-10-24(11-13-25)17-14-20-8-9-21-17)22-7-3-6-18-23-15-4-1-2-5-16(15)27-18/h1-2,4-5,8-9,14H,3,6-7,10-13H2,(H,22,26). The van der Waals surface area contributed by atoms with Crippen LogP contribution in [0.15, 0.2) is 42.9 Å². The van der Waals surface area contributed by atoms with Crippen LogP contribution in [0.3, 0.4) is 0 Å². The van der Waals surface area contributed by atoms with E-state index in [0.29, 0.717) is 19.6 Å². The van der Waals surface area contributed by atoms with Crippen LogP contribution in [0, 0.1) is 0 Å². The number of rotatable bonds is 5. The van der Waals surface area contributed by atoms with E-state index in [-0.39, 0.29) is 6.03 Å². The molecule has 2 amide bonds. The van der Waals surface area contributed by atoms with E-state index in [0.717, 1.165) is 42.3 Å². The summed E-state index contributed by atoms with van der Waals surface area (Å²) in [6.07, 6.45) is 6.91. The van der Waals surface area contributed by atoms with E-state index >= 15 is 0 Å². The Balaban J connectivity index is 1.19. The largest absolute Gasteiger partial charge is 0.352 e. The monoisotopic (exact) mass is 382 g/mol. The predicted octanol–water partition coefficient (Wildman–Crippen LogP) is 2.55. The SMILES string of the molecule is O=C(NCCCc1nc2ccccc2s1)N1CCN(c2cnccn2)CC1. The fourth-order valence-electron chi connectivity index (χ4n) is 3.17. The van der Waals surface area contributed by atoms with Gasteiger partial charge in [-0.3, -0.25) is 4.98 Å². The molecular weight excluding hydrogens is 360 g/mol. The first kappa shape index (κ1) is 17.7. The van der Waals surface area contributed by atoms with Crippen LogP contribution in [-0.2, 0) is 6.42 Å². The number of hydrogen-bond acceptors (Lipinski definition) is 6. The molecule has 4 rings (SSSR count). The number of anilines is 1. The van der Waals surface area contributed by atoms with Crippen LogP contribution in [0.25, 0.3) is 10.2 Å². The fraction of sp³-hybridized carbons (Fsp3) is 0.368. The normalized spacial score (nSPS) is 14.5. The molecule has 2 aromatic heterocycles. The Hall–Kier alpha value is -2.74. The van der Waals surface area contributed by atoms with Gasteiger partial charge in [0.25, 0.3) is 0 Å². The van der Waals surface area contributed by atoms with E-state index in [9.17, 15) is 4.79 Å². The van der Waals surface area contributed by atoms with Gasteiger partial charge in [-0.2, -0.15) is 0 Å². The van der Waals surface area contributed by atoms with Crippen LogP contribution in [0.1, 0.15) is 11.4 Å². The zero-order chi connectivity index (χ0) is 18.5. The summed E-state index contributed by atoms with van der Waals surface area (Å²) in [5, 5.41) is 4.16. The molecule has 140 valence electrons. The summed E-state index contributed by atoms with van der Waals surface area (Å²) in [6, 6.07) is 8.19. The second-order valence-corrected chi connectivity index (χ2v) is 7.56. The van der Waals surface area contributed by atoms with Crippen molar-refractivity contribution >= 4 is 33.4 Å². The topological polar surface area (TPSA) is 74.2 Å². The molecular formula is C19H22N6OS. The number of hydrogen-bond donors (Lipinski definition) is 1. The zero-order valence-electron chi connectivity index (χ0n) is 15.0. The minimum atomic E-state index is 0.0121. The lowest BCUT2D eigenvalue weighted by atomic mass is 10.3. The Morgan fingerprint density at radius 2 is 2.00 bits per heavy atom. The highest BCUT2D eigenvalue weighted by Gasteiger charge is 2.21. The maximum Gasteiger partial charge on any atom is 0.317 e. The van der Waals surface area contributed by atoms with E-state index in [2.05, 4.69) is 31.2 Å². The third-order valence-corrected chi connectivity index (χ3v) is 5.72. The number of aromatic nitrogens is 3. The molecule has 0 radical (unpaired) electrons. The Morgan fingerprint density at radius 1 is 1.15 bits per heavy atom. The number of thiazole rings is 1. The van der Waals surface area contributed by atoms with E-state index < -0.39 is 0 Å². The zero-order valence-corrected chi connectivity index (χ0v) is 15.9. The number of carbonyl (C=O) groups excluding carboxylic acids is 1. The molecule has 0 saturated carbocycles. The quantitative estimate of drug-likeness (QED) is 0.687. The molecule has 1 fully saturated rings. The van der Waals surface area contributed by atoms with Crippen LogP contribution in [0.4, 0.5) is 10.6 Å². The Labute approximate surface area is 162 Å². The number of carbonyl (C=O) groups is 1. The van der Waals surface area contributed by atoms with Gasteiger partial charge in [-0.05, 0) is 18.6 Å². The van der Waals surface area contributed by atoms with E-state index in [4.69, 9.17) is 0 Å². The van der Waals surface area contributed by atoms with Gasteiger partial charge in [0.05, 0.1) is 21.4 Å². The lowest BCUT2D eigenvalue weighted by Crippen LogP contribution is -2.52. The number of piperazine rings is 1. The molecule has 7 nitrogen and oxygen atoms in total. The first-order chi connectivity index (χ1) is 13.3. The van der Waals surface area contributed by atoms with Crippen LogP contribution in [-0.4, -0.2) is 58.6 Å². The van der Waals surface area contributed by atoms with Crippen LogP contribution in [0.5, 0.6) is 0 Å². The van der Waals surface area contributed by atoms with Gasteiger partial charge in [0.15, 0.2) is 0 Å². The number of amides is 2. The average Bonchev–Trinajstić information content (AvgIpc) is 3.15. The minimum Gasteiger partial charge on any atom is -0.352 e. The van der Waals surface area contributed by atoms with Crippen molar-refractivity contribution < 1.29 is 4.79 Å². The van der Waals surface area contributed by atoms with Crippen LogP contribution in [0.2, 0.25) is 0 Å². The number of nitrogens with one attached hydrogen (secondary N) is 1. The summed E-state index contributed by atoms with van der Waals surface area (Å²) in [7, 11) is 0. The van der Waals surface area contributed by atoms with Crippen molar-refractivity contribution in [3.8, 4) is 0 Å². The molecule has 27 heavy (non-hydrogen) atoms.